The molecule has 4 rings (SSSR count). The molecule has 0 aliphatic carbocycles. The molecule has 1 aliphatic heterocycles. The Kier molecular flexibility index (Phi) is 4.28. The largest absolute Gasteiger partial charge is 0.494 e. The number of nitrogens with one attached hydrogen (secondary N) is 3. The van der Waals surface area contributed by atoms with E-state index in [1.807, 2.05) is 6.07 Å². The maximum atomic E-state index is 13.8. The Balaban J connectivity index is 1.58. The highest BCUT2D eigenvalue weighted by Crippen LogP contribution is 2.32. The zero-order valence-corrected chi connectivity index (χ0v) is 14.1. The molecule has 0 bridgehead atoms. The Labute approximate surface area is 145 Å². The summed E-state index contributed by atoms with van der Waals surface area (Å²) in [4.78, 5) is 7.90. The summed E-state index contributed by atoms with van der Waals surface area (Å²) in [6.45, 7) is 2.13. The van der Waals surface area contributed by atoms with Crippen molar-refractivity contribution in [2.24, 2.45) is 0 Å². The van der Waals surface area contributed by atoms with Crippen LogP contribution in [0.4, 0.5) is 15.9 Å². The molecule has 5 nitrogen and oxygen atoms in total. The lowest BCUT2D eigenvalue weighted by atomic mass is 9.90. The molecular weight excluding hydrogens is 319 g/mol. The molecule has 1 aromatic carbocycles. The van der Waals surface area contributed by atoms with Crippen molar-refractivity contribution in [3.63, 3.8) is 0 Å². The average molecular weight is 340 g/mol. The van der Waals surface area contributed by atoms with Crippen molar-refractivity contribution in [2.45, 2.75) is 18.8 Å². The third-order valence-corrected chi connectivity index (χ3v) is 4.77. The number of nitrogens with zero attached hydrogens (tertiary/aromatic N) is 1. The van der Waals surface area contributed by atoms with Crippen molar-refractivity contribution in [1.82, 2.24) is 15.3 Å². The van der Waals surface area contributed by atoms with E-state index in [-0.39, 0.29) is 5.75 Å². The van der Waals surface area contributed by atoms with E-state index >= 15 is 0 Å². The fourth-order valence-corrected chi connectivity index (χ4v) is 3.46. The smallest absolute Gasteiger partial charge is 0.167 e. The number of hydrogen-bond donors (Lipinski definition) is 3. The topological polar surface area (TPSA) is 62.0 Å². The van der Waals surface area contributed by atoms with Crippen molar-refractivity contribution in [2.75, 3.05) is 25.5 Å². The third-order valence-electron chi connectivity index (χ3n) is 4.77. The first-order chi connectivity index (χ1) is 12.2. The monoisotopic (exact) mass is 340 g/mol. The molecule has 25 heavy (non-hydrogen) atoms. The number of rotatable bonds is 4. The van der Waals surface area contributed by atoms with Crippen LogP contribution in [0.15, 0.2) is 36.5 Å². The second kappa shape index (κ2) is 6.72. The average Bonchev–Trinajstić information content (AvgIpc) is 3.06. The van der Waals surface area contributed by atoms with Gasteiger partial charge in [-0.05, 0) is 61.7 Å². The zero-order valence-electron chi connectivity index (χ0n) is 14.1. The highest BCUT2D eigenvalue weighted by Gasteiger charge is 2.19. The van der Waals surface area contributed by atoms with E-state index in [1.54, 1.807) is 12.1 Å². The maximum Gasteiger partial charge on any atom is 0.167 e. The number of halogens is 1. The number of aromatic nitrogens is 2. The number of H-pyrrole nitrogens is 1. The van der Waals surface area contributed by atoms with E-state index in [1.165, 1.54) is 24.1 Å². The minimum absolute atomic E-state index is 0.227. The van der Waals surface area contributed by atoms with Gasteiger partial charge in [-0.15, -0.1) is 0 Å². The van der Waals surface area contributed by atoms with Crippen LogP contribution in [0, 0.1) is 5.82 Å². The molecule has 0 spiro atoms. The van der Waals surface area contributed by atoms with Gasteiger partial charge >= 0.3 is 0 Å². The van der Waals surface area contributed by atoms with Crippen molar-refractivity contribution >= 4 is 22.5 Å². The molecule has 3 heterocycles. The number of hydrogen-bond acceptors (Lipinski definition) is 4. The molecule has 0 saturated carbocycles. The van der Waals surface area contributed by atoms with Crippen molar-refractivity contribution in [3.8, 4) is 5.75 Å². The van der Waals surface area contributed by atoms with Gasteiger partial charge in [-0.25, -0.2) is 9.37 Å². The van der Waals surface area contributed by atoms with Crippen LogP contribution in [0.2, 0.25) is 0 Å². The predicted molar refractivity (Wildman–Crippen MR) is 97.2 cm³/mol. The van der Waals surface area contributed by atoms with Crippen LogP contribution in [0.3, 0.4) is 0 Å². The van der Waals surface area contributed by atoms with Crippen LogP contribution < -0.4 is 15.4 Å². The second-order valence-corrected chi connectivity index (χ2v) is 6.34. The summed E-state index contributed by atoms with van der Waals surface area (Å²) in [6.07, 6.45) is 4.38. The van der Waals surface area contributed by atoms with E-state index in [9.17, 15) is 4.39 Å². The molecule has 0 radical (unpaired) electrons. The van der Waals surface area contributed by atoms with Gasteiger partial charge in [-0.3, -0.25) is 0 Å². The van der Waals surface area contributed by atoms with E-state index in [2.05, 4.69) is 32.9 Å². The lowest BCUT2D eigenvalue weighted by Gasteiger charge is -2.22. The molecule has 1 aliphatic rings. The van der Waals surface area contributed by atoms with Crippen molar-refractivity contribution < 1.29 is 9.13 Å². The Morgan fingerprint density at radius 3 is 2.80 bits per heavy atom. The van der Waals surface area contributed by atoms with E-state index in [4.69, 9.17) is 4.74 Å². The van der Waals surface area contributed by atoms with Crippen LogP contribution >= 0.6 is 0 Å². The highest BCUT2D eigenvalue weighted by atomic mass is 19.1. The molecule has 0 unspecified atom stereocenters. The minimum atomic E-state index is -0.401. The van der Waals surface area contributed by atoms with E-state index < -0.39 is 5.82 Å². The van der Waals surface area contributed by atoms with Gasteiger partial charge in [-0.2, -0.15) is 0 Å². The van der Waals surface area contributed by atoms with E-state index in [0.29, 0.717) is 17.4 Å². The van der Waals surface area contributed by atoms with Gasteiger partial charge in [-0.1, -0.05) is 0 Å². The summed E-state index contributed by atoms with van der Waals surface area (Å²) in [7, 11) is 1.45. The molecule has 1 saturated heterocycles. The summed E-state index contributed by atoms with van der Waals surface area (Å²) < 4.78 is 18.8. The van der Waals surface area contributed by atoms with Gasteiger partial charge in [0.2, 0.25) is 0 Å². The summed E-state index contributed by atoms with van der Waals surface area (Å²) in [5, 5.41) is 7.70. The summed E-state index contributed by atoms with van der Waals surface area (Å²) >= 11 is 0. The van der Waals surface area contributed by atoms with Crippen LogP contribution in [0.25, 0.3) is 11.0 Å². The molecule has 1 fully saturated rings. The number of benzene rings is 1. The van der Waals surface area contributed by atoms with Crippen molar-refractivity contribution in [1.29, 1.82) is 0 Å². The quantitative estimate of drug-likeness (QED) is 0.674. The number of aromatic amines is 1. The Morgan fingerprint density at radius 1 is 1.20 bits per heavy atom. The van der Waals surface area contributed by atoms with E-state index in [0.717, 1.165) is 31.6 Å². The normalized spacial score (nSPS) is 15.4. The molecule has 0 amide bonds. The molecule has 3 aromatic rings. The Morgan fingerprint density at radius 2 is 2.04 bits per heavy atom. The second-order valence-electron chi connectivity index (χ2n) is 6.34. The van der Waals surface area contributed by atoms with Gasteiger partial charge in [0.1, 0.15) is 11.5 Å². The molecule has 3 N–H and O–H groups in total. The Bertz CT molecular complexity index is 886. The summed E-state index contributed by atoms with van der Waals surface area (Å²) in [6, 6.07) is 8.78. The number of anilines is 2. The molecule has 0 atom stereocenters. The maximum absolute atomic E-state index is 13.8. The van der Waals surface area contributed by atoms with Crippen molar-refractivity contribution in [3.05, 3.63) is 47.9 Å². The number of ether oxygens (including phenoxy) is 1. The first-order valence-electron chi connectivity index (χ1n) is 8.54. The molecule has 2 aromatic heterocycles. The minimum Gasteiger partial charge on any atom is -0.494 e. The first kappa shape index (κ1) is 15.9. The van der Waals surface area contributed by atoms with Crippen LogP contribution in [0.5, 0.6) is 5.75 Å². The molecule has 6 heteroatoms. The van der Waals surface area contributed by atoms with Crippen LogP contribution in [0.1, 0.15) is 24.3 Å². The van der Waals surface area contributed by atoms with Crippen LogP contribution in [-0.4, -0.2) is 30.2 Å². The number of pyridine rings is 1. The lowest BCUT2D eigenvalue weighted by Crippen LogP contribution is -2.26. The Hall–Kier alpha value is -2.60. The summed E-state index contributed by atoms with van der Waals surface area (Å²) in [5.41, 5.74) is 2.83. The SMILES string of the molecule is COc1ccc(Nc2ccc3c(C4CCNCC4)c[nH]c3n2)cc1F. The van der Waals surface area contributed by atoms with Gasteiger partial charge in [0, 0.05) is 23.3 Å². The number of methoxy groups -OCH3 is 1. The van der Waals surface area contributed by atoms with Gasteiger partial charge < -0.3 is 20.4 Å². The standard InChI is InChI=1S/C19H21FN4O/c1-25-17-4-2-13(10-16(17)20)23-18-5-3-14-15(11-22-19(14)24-18)12-6-8-21-9-7-12/h2-5,10-12,21H,6-9H2,1H3,(H2,22,23,24). The lowest BCUT2D eigenvalue weighted by molar-refractivity contribution is 0.386. The summed E-state index contributed by atoms with van der Waals surface area (Å²) in [5.74, 6) is 1.08. The third kappa shape index (κ3) is 3.17. The molecular formula is C19H21FN4O. The van der Waals surface area contributed by atoms with Gasteiger partial charge in [0.05, 0.1) is 7.11 Å². The fourth-order valence-electron chi connectivity index (χ4n) is 3.46. The number of fused-ring (bicyclic) bond motifs is 1. The number of piperidine rings is 1. The highest BCUT2D eigenvalue weighted by molar-refractivity contribution is 5.82. The fraction of sp³-hybridized carbons (Fsp3) is 0.316. The first-order valence-corrected chi connectivity index (χ1v) is 8.54. The van der Waals surface area contributed by atoms with Gasteiger partial charge in [0.25, 0.3) is 0 Å². The predicted octanol–water partition coefficient (Wildman–Crippen LogP) is 3.92. The van der Waals surface area contributed by atoms with Crippen LogP contribution in [-0.2, 0) is 0 Å². The molecule has 130 valence electrons. The van der Waals surface area contributed by atoms with Gasteiger partial charge in [0.15, 0.2) is 11.6 Å². The zero-order chi connectivity index (χ0) is 17.2.